The minimum Gasteiger partial charge on any atom is -0.219 e. The minimum absolute atomic E-state index is 0.152. The van der Waals surface area contributed by atoms with Gasteiger partial charge < -0.3 is 0 Å². The number of benzene rings is 1. The molecule has 6 heteroatoms. The molecular formula is C10H8BrCl2N3. The van der Waals surface area contributed by atoms with Crippen molar-refractivity contribution in [2.75, 3.05) is 0 Å². The number of halogens is 3. The fourth-order valence-electron chi connectivity index (χ4n) is 1.24. The van der Waals surface area contributed by atoms with Crippen LogP contribution in [0.1, 0.15) is 17.4 Å². The standard InChI is InChI=1S/C10H8BrCl2N3/c1-6(11)9-5-16(15-14-9)10-4-7(12)2-3-8(10)13/h2-6H,1H3. The van der Waals surface area contributed by atoms with Crippen LogP contribution >= 0.6 is 39.1 Å². The zero-order valence-electron chi connectivity index (χ0n) is 8.36. The van der Waals surface area contributed by atoms with Crippen LogP contribution < -0.4 is 0 Å². The monoisotopic (exact) mass is 319 g/mol. The van der Waals surface area contributed by atoms with Gasteiger partial charge in [-0.1, -0.05) is 44.3 Å². The van der Waals surface area contributed by atoms with Crippen LogP contribution in [0.15, 0.2) is 24.4 Å². The smallest absolute Gasteiger partial charge is 0.0965 e. The summed E-state index contributed by atoms with van der Waals surface area (Å²) in [5.41, 5.74) is 1.57. The first-order valence-corrected chi connectivity index (χ1v) is 6.27. The van der Waals surface area contributed by atoms with Crippen molar-refractivity contribution in [3.8, 4) is 5.69 Å². The average molecular weight is 321 g/mol. The van der Waals surface area contributed by atoms with E-state index in [1.54, 1.807) is 22.9 Å². The van der Waals surface area contributed by atoms with Gasteiger partial charge in [0.2, 0.25) is 0 Å². The molecule has 2 rings (SSSR count). The zero-order valence-corrected chi connectivity index (χ0v) is 11.5. The molecule has 2 aromatic rings. The van der Waals surface area contributed by atoms with Crippen LogP contribution in [0.2, 0.25) is 10.0 Å². The van der Waals surface area contributed by atoms with Crippen molar-refractivity contribution < 1.29 is 0 Å². The molecule has 3 nitrogen and oxygen atoms in total. The summed E-state index contributed by atoms with van der Waals surface area (Å²) in [5.74, 6) is 0. The Labute approximate surface area is 111 Å². The van der Waals surface area contributed by atoms with Gasteiger partial charge in [-0.05, 0) is 25.1 Å². The van der Waals surface area contributed by atoms with Crippen molar-refractivity contribution in [1.29, 1.82) is 0 Å². The van der Waals surface area contributed by atoms with Gasteiger partial charge in [0.15, 0.2) is 0 Å². The molecule has 0 radical (unpaired) electrons. The number of nitrogens with zero attached hydrogens (tertiary/aromatic N) is 3. The number of aromatic nitrogens is 3. The van der Waals surface area contributed by atoms with Crippen molar-refractivity contribution in [3.05, 3.63) is 40.1 Å². The van der Waals surface area contributed by atoms with Gasteiger partial charge in [0.25, 0.3) is 0 Å². The summed E-state index contributed by atoms with van der Waals surface area (Å²) in [6, 6.07) is 5.22. The van der Waals surface area contributed by atoms with Crippen LogP contribution in [-0.2, 0) is 0 Å². The Kier molecular flexibility index (Phi) is 3.52. The molecule has 0 N–H and O–H groups in total. The lowest BCUT2D eigenvalue weighted by molar-refractivity contribution is 0.798. The first-order valence-electron chi connectivity index (χ1n) is 4.59. The molecule has 0 amide bonds. The Bertz CT molecular complexity index is 511. The van der Waals surface area contributed by atoms with Crippen molar-refractivity contribution >= 4 is 39.1 Å². The van der Waals surface area contributed by atoms with Gasteiger partial charge in [0.1, 0.15) is 0 Å². The molecule has 16 heavy (non-hydrogen) atoms. The quantitative estimate of drug-likeness (QED) is 0.782. The lowest BCUT2D eigenvalue weighted by Gasteiger charge is -2.03. The van der Waals surface area contributed by atoms with Gasteiger partial charge in [-0.3, -0.25) is 0 Å². The third-order valence-corrected chi connectivity index (χ3v) is 3.10. The van der Waals surface area contributed by atoms with Crippen LogP contribution in [0, 0.1) is 0 Å². The normalized spacial score (nSPS) is 12.8. The van der Waals surface area contributed by atoms with Gasteiger partial charge in [-0.15, -0.1) is 5.10 Å². The second-order valence-electron chi connectivity index (χ2n) is 3.30. The maximum absolute atomic E-state index is 6.06. The molecule has 1 aromatic heterocycles. The van der Waals surface area contributed by atoms with Gasteiger partial charge >= 0.3 is 0 Å². The van der Waals surface area contributed by atoms with E-state index in [4.69, 9.17) is 23.2 Å². The summed E-state index contributed by atoms with van der Waals surface area (Å²) < 4.78 is 1.61. The Balaban J connectivity index is 2.46. The van der Waals surface area contributed by atoms with Crippen LogP contribution in [0.5, 0.6) is 0 Å². The second kappa shape index (κ2) is 4.73. The lowest BCUT2D eigenvalue weighted by atomic mass is 10.3. The number of hydrogen-bond acceptors (Lipinski definition) is 2. The van der Waals surface area contributed by atoms with Crippen LogP contribution in [0.3, 0.4) is 0 Å². The van der Waals surface area contributed by atoms with Crippen molar-refractivity contribution in [1.82, 2.24) is 15.0 Å². The maximum atomic E-state index is 6.06. The van der Waals surface area contributed by atoms with Crippen LogP contribution in [0.25, 0.3) is 5.69 Å². The highest BCUT2D eigenvalue weighted by Crippen LogP contribution is 2.25. The molecule has 0 aliphatic heterocycles. The van der Waals surface area contributed by atoms with E-state index in [0.717, 1.165) is 11.4 Å². The van der Waals surface area contributed by atoms with Crippen molar-refractivity contribution in [2.24, 2.45) is 0 Å². The van der Waals surface area contributed by atoms with Crippen molar-refractivity contribution in [2.45, 2.75) is 11.8 Å². The molecule has 0 spiro atoms. The Hall–Kier alpha value is -0.580. The molecule has 0 bridgehead atoms. The summed E-state index contributed by atoms with van der Waals surface area (Å²) >= 11 is 15.4. The molecule has 0 aliphatic rings. The van der Waals surface area contributed by atoms with Gasteiger partial charge in [0, 0.05) is 5.02 Å². The van der Waals surface area contributed by atoms with E-state index in [1.807, 2.05) is 13.1 Å². The van der Waals surface area contributed by atoms with Gasteiger partial charge in [-0.25, -0.2) is 4.68 Å². The summed E-state index contributed by atoms with van der Waals surface area (Å²) in [4.78, 5) is 0.152. The fraction of sp³-hybridized carbons (Fsp3) is 0.200. The number of alkyl halides is 1. The third kappa shape index (κ3) is 2.39. The molecule has 0 saturated carbocycles. The van der Waals surface area contributed by atoms with E-state index in [9.17, 15) is 0 Å². The summed E-state index contributed by atoms with van der Waals surface area (Å²) in [6.07, 6.45) is 1.82. The molecular weight excluding hydrogens is 313 g/mol. The van der Waals surface area contributed by atoms with Gasteiger partial charge in [0.05, 0.1) is 27.4 Å². The van der Waals surface area contributed by atoms with E-state index >= 15 is 0 Å². The largest absolute Gasteiger partial charge is 0.219 e. The molecule has 1 unspecified atom stereocenters. The molecule has 1 heterocycles. The van der Waals surface area contributed by atoms with Crippen LogP contribution in [-0.4, -0.2) is 15.0 Å². The van der Waals surface area contributed by atoms with E-state index in [2.05, 4.69) is 26.2 Å². The highest BCUT2D eigenvalue weighted by molar-refractivity contribution is 9.09. The summed E-state index contributed by atoms with van der Waals surface area (Å²) in [6.45, 7) is 1.98. The van der Waals surface area contributed by atoms with E-state index in [1.165, 1.54) is 0 Å². The number of rotatable bonds is 2. The van der Waals surface area contributed by atoms with Gasteiger partial charge in [-0.2, -0.15) is 0 Å². The SMILES string of the molecule is CC(Br)c1cn(-c2cc(Cl)ccc2Cl)nn1. The van der Waals surface area contributed by atoms with E-state index < -0.39 is 0 Å². The molecule has 0 fully saturated rings. The average Bonchev–Trinajstić information content (AvgIpc) is 2.70. The molecule has 0 saturated heterocycles. The number of hydrogen-bond donors (Lipinski definition) is 0. The maximum Gasteiger partial charge on any atom is 0.0965 e. The van der Waals surface area contributed by atoms with Crippen LogP contribution in [0.4, 0.5) is 0 Å². The fourth-order valence-corrected chi connectivity index (χ4v) is 1.82. The van der Waals surface area contributed by atoms with Crippen molar-refractivity contribution in [3.63, 3.8) is 0 Å². The summed E-state index contributed by atoms with van der Waals surface area (Å²) in [7, 11) is 0. The highest BCUT2D eigenvalue weighted by Gasteiger charge is 2.10. The molecule has 84 valence electrons. The van der Waals surface area contributed by atoms with E-state index in [0.29, 0.717) is 10.0 Å². The topological polar surface area (TPSA) is 30.7 Å². The zero-order chi connectivity index (χ0) is 11.7. The van der Waals surface area contributed by atoms with E-state index in [-0.39, 0.29) is 4.83 Å². The molecule has 0 aliphatic carbocycles. The lowest BCUT2D eigenvalue weighted by Crippen LogP contribution is -1.95. The predicted molar refractivity (Wildman–Crippen MR) is 68.7 cm³/mol. The molecule has 1 aromatic carbocycles. The molecule has 1 atom stereocenters. The summed E-state index contributed by atoms with van der Waals surface area (Å²) in [5, 5.41) is 9.23. The minimum atomic E-state index is 0.152. The first kappa shape index (κ1) is 11.9. The Morgan fingerprint density at radius 2 is 2.12 bits per heavy atom. The predicted octanol–water partition coefficient (Wildman–Crippen LogP) is 4.03. The second-order valence-corrected chi connectivity index (χ2v) is 5.52. The Morgan fingerprint density at radius 1 is 1.38 bits per heavy atom. The first-order chi connectivity index (χ1) is 7.58. The third-order valence-electron chi connectivity index (χ3n) is 2.07. The highest BCUT2D eigenvalue weighted by atomic mass is 79.9. The Morgan fingerprint density at radius 3 is 2.75 bits per heavy atom.